The zero-order valence-electron chi connectivity index (χ0n) is 19.4. The SMILES string of the molecule is CCOc1ccccc1[C@@H](C(=O)NC1CCCCC1)N(Cc1cccs1)C(=O)c1cnccn1. The van der Waals surface area contributed by atoms with Crippen molar-refractivity contribution in [3.63, 3.8) is 0 Å². The van der Waals surface area contributed by atoms with E-state index in [1.807, 2.05) is 48.7 Å². The molecule has 1 atom stereocenters. The Morgan fingerprint density at radius 1 is 1.15 bits per heavy atom. The Bertz CT molecular complexity index is 1070. The maximum Gasteiger partial charge on any atom is 0.275 e. The van der Waals surface area contributed by atoms with Gasteiger partial charge in [-0.15, -0.1) is 11.3 Å². The van der Waals surface area contributed by atoms with Crippen molar-refractivity contribution in [2.45, 2.75) is 57.7 Å². The number of carbonyl (C=O) groups is 2. The Hall–Kier alpha value is -3.26. The standard InChI is InChI=1S/C26H30N4O3S/c1-2-33-23-13-7-6-12-21(23)24(25(31)29-19-9-4-3-5-10-19)30(18-20-11-8-16-34-20)26(32)22-17-27-14-15-28-22/h6-8,11-17,19,24H,2-5,9-10,18H2,1H3,(H,29,31)/t24-/m0/s1. The molecule has 1 aliphatic rings. The predicted molar refractivity (Wildman–Crippen MR) is 132 cm³/mol. The number of ether oxygens (including phenoxy) is 1. The predicted octanol–water partition coefficient (Wildman–Crippen LogP) is 4.77. The number of hydrogen-bond donors (Lipinski definition) is 1. The molecule has 0 radical (unpaired) electrons. The molecule has 7 nitrogen and oxygen atoms in total. The fourth-order valence-electron chi connectivity index (χ4n) is 4.38. The Kier molecular flexibility index (Phi) is 8.25. The molecule has 1 N–H and O–H groups in total. The van der Waals surface area contributed by atoms with Crippen molar-refractivity contribution in [2.24, 2.45) is 0 Å². The number of hydrogen-bond acceptors (Lipinski definition) is 6. The first-order valence-electron chi connectivity index (χ1n) is 11.8. The highest BCUT2D eigenvalue weighted by Crippen LogP contribution is 2.33. The van der Waals surface area contributed by atoms with Gasteiger partial charge in [0.2, 0.25) is 5.91 Å². The first-order valence-corrected chi connectivity index (χ1v) is 12.7. The van der Waals surface area contributed by atoms with Crippen LogP contribution in [0.4, 0.5) is 0 Å². The van der Waals surface area contributed by atoms with Crippen molar-refractivity contribution < 1.29 is 14.3 Å². The molecule has 178 valence electrons. The summed E-state index contributed by atoms with van der Waals surface area (Å²) in [5, 5.41) is 5.20. The number of rotatable bonds is 9. The quantitative estimate of drug-likeness (QED) is 0.479. The summed E-state index contributed by atoms with van der Waals surface area (Å²) in [6.45, 7) is 2.63. The summed E-state index contributed by atoms with van der Waals surface area (Å²) < 4.78 is 5.89. The maximum absolute atomic E-state index is 13.9. The molecule has 0 bridgehead atoms. The van der Waals surface area contributed by atoms with Crippen LogP contribution in [0.3, 0.4) is 0 Å². The molecule has 2 amide bonds. The highest BCUT2D eigenvalue weighted by molar-refractivity contribution is 7.09. The van der Waals surface area contributed by atoms with Crippen LogP contribution in [0, 0.1) is 0 Å². The molecule has 4 rings (SSSR count). The molecule has 3 aromatic rings. The van der Waals surface area contributed by atoms with E-state index in [1.165, 1.54) is 25.0 Å². The second kappa shape index (κ2) is 11.7. The van der Waals surface area contributed by atoms with E-state index >= 15 is 0 Å². The summed E-state index contributed by atoms with van der Waals surface area (Å²) >= 11 is 1.55. The van der Waals surface area contributed by atoms with Crippen LogP contribution < -0.4 is 10.1 Å². The van der Waals surface area contributed by atoms with Gasteiger partial charge < -0.3 is 15.0 Å². The molecule has 0 unspecified atom stereocenters. The first-order chi connectivity index (χ1) is 16.7. The molecule has 0 saturated heterocycles. The zero-order valence-corrected chi connectivity index (χ0v) is 20.2. The van der Waals surface area contributed by atoms with E-state index in [2.05, 4.69) is 15.3 Å². The van der Waals surface area contributed by atoms with Gasteiger partial charge in [-0.2, -0.15) is 0 Å². The lowest BCUT2D eigenvalue weighted by molar-refractivity contribution is -0.127. The third-order valence-electron chi connectivity index (χ3n) is 5.97. The van der Waals surface area contributed by atoms with Crippen LogP contribution in [-0.4, -0.2) is 39.3 Å². The normalized spacial score (nSPS) is 14.9. The summed E-state index contributed by atoms with van der Waals surface area (Å²) in [6, 6.07) is 10.6. The van der Waals surface area contributed by atoms with Crippen LogP contribution in [0.15, 0.2) is 60.4 Å². The lowest BCUT2D eigenvalue weighted by Crippen LogP contribution is -2.47. The average molecular weight is 479 g/mol. The molecule has 0 spiro atoms. The highest BCUT2D eigenvalue weighted by Gasteiger charge is 2.36. The van der Waals surface area contributed by atoms with Gasteiger partial charge in [-0.25, -0.2) is 4.98 Å². The molecule has 8 heteroatoms. The van der Waals surface area contributed by atoms with Gasteiger partial charge in [0.1, 0.15) is 17.5 Å². The van der Waals surface area contributed by atoms with Gasteiger partial charge in [-0.3, -0.25) is 14.6 Å². The van der Waals surface area contributed by atoms with Crippen molar-refractivity contribution in [1.82, 2.24) is 20.2 Å². The molecular weight excluding hydrogens is 448 g/mol. The first kappa shape index (κ1) is 23.9. The van der Waals surface area contributed by atoms with Crippen LogP contribution in [-0.2, 0) is 11.3 Å². The number of amides is 2. The van der Waals surface area contributed by atoms with Crippen LogP contribution in [0.1, 0.15) is 66.0 Å². The lowest BCUT2D eigenvalue weighted by Gasteiger charge is -2.33. The third-order valence-corrected chi connectivity index (χ3v) is 6.84. The van der Waals surface area contributed by atoms with Crippen molar-refractivity contribution in [1.29, 1.82) is 0 Å². The second-order valence-corrected chi connectivity index (χ2v) is 9.35. The Balaban J connectivity index is 1.76. The minimum Gasteiger partial charge on any atom is -0.494 e. The van der Waals surface area contributed by atoms with Crippen molar-refractivity contribution in [2.75, 3.05) is 6.61 Å². The van der Waals surface area contributed by atoms with Crippen molar-refractivity contribution >= 4 is 23.2 Å². The largest absolute Gasteiger partial charge is 0.494 e. The minimum atomic E-state index is -0.874. The Labute approximate surface area is 204 Å². The molecule has 1 saturated carbocycles. The van der Waals surface area contributed by atoms with Gasteiger partial charge in [-0.05, 0) is 37.3 Å². The van der Waals surface area contributed by atoms with E-state index in [0.717, 1.165) is 30.6 Å². The molecule has 34 heavy (non-hydrogen) atoms. The lowest BCUT2D eigenvalue weighted by atomic mass is 9.94. The molecule has 1 aromatic carbocycles. The molecule has 2 aromatic heterocycles. The summed E-state index contributed by atoms with van der Waals surface area (Å²) in [5.74, 6) is 0.0429. The van der Waals surface area contributed by atoms with Gasteiger partial charge in [0, 0.05) is 28.9 Å². The number of para-hydroxylation sites is 1. The van der Waals surface area contributed by atoms with E-state index in [-0.39, 0.29) is 30.1 Å². The minimum absolute atomic E-state index is 0.109. The summed E-state index contributed by atoms with van der Waals surface area (Å²) in [7, 11) is 0. The highest BCUT2D eigenvalue weighted by atomic mass is 32.1. The molecular formula is C26H30N4O3S. The van der Waals surface area contributed by atoms with Crippen LogP contribution in [0.25, 0.3) is 0 Å². The van der Waals surface area contributed by atoms with E-state index in [1.54, 1.807) is 16.2 Å². The number of carbonyl (C=O) groups excluding carboxylic acids is 2. The maximum atomic E-state index is 13.9. The van der Waals surface area contributed by atoms with Gasteiger partial charge in [0.25, 0.3) is 5.91 Å². The van der Waals surface area contributed by atoms with E-state index in [9.17, 15) is 9.59 Å². The van der Waals surface area contributed by atoms with Crippen LogP contribution >= 0.6 is 11.3 Å². The summed E-state index contributed by atoms with van der Waals surface area (Å²) in [6.07, 6.45) is 9.75. The number of nitrogens with one attached hydrogen (secondary N) is 1. The van der Waals surface area contributed by atoms with Crippen LogP contribution in [0.2, 0.25) is 0 Å². The topological polar surface area (TPSA) is 84.4 Å². The molecule has 2 heterocycles. The van der Waals surface area contributed by atoms with Crippen LogP contribution in [0.5, 0.6) is 5.75 Å². The van der Waals surface area contributed by atoms with Gasteiger partial charge in [-0.1, -0.05) is 43.5 Å². The number of nitrogens with zero attached hydrogens (tertiary/aromatic N) is 3. The number of aromatic nitrogens is 2. The monoisotopic (exact) mass is 478 g/mol. The fraction of sp³-hybridized carbons (Fsp3) is 0.385. The Morgan fingerprint density at radius 3 is 2.68 bits per heavy atom. The van der Waals surface area contributed by atoms with E-state index in [0.29, 0.717) is 17.9 Å². The van der Waals surface area contributed by atoms with Gasteiger partial charge in [0.05, 0.1) is 19.3 Å². The zero-order chi connectivity index (χ0) is 23.8. The van der Waals surface area contributed by atoms with Crippen molar-refractivity contribution in [3.8, 4) is 5.75 Å². The number of thiophene rings is 1. The van der Waals surface area contributed by atoms with Gasteiger partial charge >= 0.3 is 0 Å². The summed E-state index contributed by atoms with van der Waals surface area (Å²) in [5.41, 5.74) is 0.856. The summed E-state index contributed by atoms with van der Waals surface area (Å²) in [4.78, 5) is 38.5. The third kappa shape index (κ3) is 5.80. The average Bonchev–Trinajstić information content (AvgIpc) is 3.39. The van der Waals surface area contributed by atoms with E-state index < -0.39 is 6.04 Å². The van der Waals surface area contributed by atoms with E-state index in [4.69, 9.17) is 4.74 Å². The molecule has 1 aliphatic carbocycles. The number of benzene rings is 1. The second-order valence-electron chi connectivity index (χ2n) is 8.32. The van der Waals surface area contributed by atoms with Gasteiger partial charge in [0.15, 0.2) is 0 Å². The molecule has 1 fully saturated rings. The molecule has 0 aliphatic heterocycles. The fourth-order valence-corrected chi connectivity index (χ4v) is 5.08. The smallest absolute Gasteiger partial charge is 0.275 e. The Morgan fingerprint density at radius 2 is 1.97 bits per heavy atom. The van der Waals surface area contributed by atoms with Crippen molar-refractivity contribution in [3.05, 3.63) is 76.5 Å².